The van der Waals surface area contributed by atoms with Gasteiger partial charge in [0.15, 0.2) is 0 Å². The third kappa shape index (κ3) is 4.28. The number of imidazole rings is 1. The van der Waals surface area contributed by atoms with E-state index < -0.39 is 0 Å². The average molecular weight is 457 g/mol. The molecule has 0 aliphatic carbocycles. The minimum atomic E-state index is -0.236. The van der Waals surface area contributed by atoms with Gasteiger partial charge in [-0.25, -0.2) is 9.37 Å². The standard InChI is InChI=1S/C28H29FN4O/c1-19-10-11-33-25(28(30-26(33)16-19)22-5-4-20(2)21(3)17-22)18-27(34)32-14-12-31(13-15-32)24-8-6-23(29)7-9-24/h4-11,16-17H,12-15,18H2,1-3H3. The molecule has 4 aromatic rings. The Morgan fingerprint density at radius 3 is 2.35 bits per heavy atom. The van der Waals surface area contributed by atoms with Crippen LogP contribution in [0, 0.1) is 26.6 Å². The molecule has 1 aliphatic heterocycles. The molecule has 6 heteroatoms. The van der Waals surface area contributed by atoms with E-state index in [1.165, 1.54) is 23.3 Å². The van der Waals surface area contributed by atoms with Gasteiger partial charge >= 0.3 is 0 Å². The Bertz CT molecular complexity index is 1350. The van der Waals surface area contributed by atoms with Crippen LogP contribution in [0.25, 0.3) is 16.9 Å². The van der Waals surface area contributed by atoms with Crippen LogP contribution in [0.15, 0.2) is 60.8 Å². The molecule has 0 radical (unpaired) electrons. The normalized spacial score (nSPS) is 14.1. The summed E-state index contributed by atoms with van der Waals surface area (Å²) in [6.45, 7) is 9.00. The van der Waals surface area contributed by atoms with Crippen molar-refractivity contribution in [3.05, 3.63) is 89.0 Å². The zero-order valence-corrected chi connectivity index (χ0v) is 19.9. The lowest BCUT2D eigenvalue weighted by molar-refractivity contribution is -0.130. The lowest BCUT2D eigenvalue weighted by Crippen LogP contribution is -2.49. The second kappa shape index (κ2) is 8.93. The van der Waals surface area contributed by atoms with Crippen LogP contribution in [0.3, 0.4) is 0 Å². The van der Waals surface area contributed by atoms with Gasteiger partial charge in [0.1, 0.15) is 11.5 Å². The van der Waals surface area contributed by atoms with Crippen LogP contribution in [-0.2, 0) is 11.2 Å². The van der Waals surface area contributed by atoms with E-state index in [4.69, 9.17) is 4.98 Å². The van der Waals surface area contributed by atoms with E-state index in [1.54, 1.807) is 12.1 Å². The highest BCUT2D eigenvalue weighted by Crippen LogP contribution is 2.28. The van der Waals surface area contributed by atoms with E-state index in [-0.39, 0.29) is 11.7 Å². The molecule has 1 aliphatic rings. The smallest absolute Gasteiger partial charge is 0.228 e. The predicted octanol–water partition coefficient (Wildman–Crippen LogP) is 4.96. The number of amides is 1. The first-order valence-corrected chi connectivity index (χ1v) is 11.7. The fraction of sp³-hybridized carbons (Fsp3) is 0.286. The number of benzene rings is 2. The Morgan fingerprint density at radius 2 is 1.65 bits per heavy atom. The SMILES string of the molecule is Cc1ccn2c(CC(=O)N3CCN(c4ccc(F)cc4)CC3)c(-c3ccc(C)c(C)c3)nc2c1. The Morgan fingerprint density at radius 1 is 0.912 bits per heavy atom. The second-order valence-electron chi connectivity index (χ2n) is 9.16. The van der Waals surface area contributed by atoms with E-state index in [9.17, 15) is 9.18 Å². The number of pyridine rings is 1. The van der Waals surface area contributed by atoms with E-state index in [1.807, 2.05) is 21.6 Å². The quantitative estimate of drug-likeness (QED) is 0.436. The third-order valence-electron chi connectivity index (χ3n) is 6.80. The largest absolute Gasteiger partial charge is 0.368 e. The predicted molar refractivity (Wildman–Crippen MR) is 134 cm³/mol. The highest BCUT2D eigenvalue weighted by molar-refractivity contribution is 5.82. The number of hydrogen-bond acceptors (Lipinski definition) is 3. The molecule has 1 fully saturated rings. The van der Waals surface area contributed by atoms with Crippen molar-refractivity contribution in [3.8, 4) is 11.3 Å². The third-order valence-corrected chi connectivity index (χ3v) is 6.80. The van der Waals surface area contributed by atoms with Gasteiger partial charge in [0.05, 0.1) is 17.8 Å². The topological polar surface area (TPSA) is 40.9 Å². The van der Waals surface area contributed by atoms with Crippen molar-refractivity contribution in [2.24, 2.45) is 0 Å². The molecular weight excluding hydrogens is 427 g/mol. The number of anilines is 1. The van der Waals surface area contributed by atoms with Gasteiger partial charge in [0.2, 0.25) is 5.91 Å². The first-order valence-electron chi connectivity index (χ1n) is 11.7. The summed E-state index contributed by atoms with van der Waals surface area (Å²) in [6.07, 6.45) is 2.31. The van der Waals surface area contributed by atoms with Crippen LogP contribution in [0.1, 0.15) is 22.4 Å². The Hall–Kier alpha value is -3.67. The number of carbonyl (C=O) groups excluding carboxylic acids is 1. The summed E-state index contributed by atoms with van der Waals surface area (Å²) < 4.78 is 15.3. The Labute approximate surface area is 199 Å². The summed E-state index contributed by atoms with van der Waals surface area (Å²) in [5.74, 6) is -0.133. The van der Waals surface area contributed by atoms with Crippen molar-refractivity contribution in [1.29, 1.82) is 0 Å². The lowest BCUT2D eigenvalue weighted by atomic mass is 10.0. The van der Waals surface area contributed by atoms with E-state index in [0.29, 0.717) is 19.5 Å². The molecule has 34 heavy (non-hydrogen) atoms. The molecule has 5 rings (SSSR count). The number of piperazine rings is 1. The van der Waals surface area contributed by atoms with Crippen molar-refractivity contribution in [3.63, 3.8) is 0 Å². The van der Waals surface area contributed by atoms with Crippen LogP contribution in [0.2, 0.25) is 0 Å². The summed E-state index contributed by atoms with van der Waals surface area (Å²) in [5.41, 5.74) is 8.25. The number of nitrogens with zero attached hydrogens (tertiary/aromatic N) is 4. The summed E-state index contributed by atoms with van der Waals surface area (Å²) >= 11 is 0. The molecular formula is C28H29FN4O. The van der Waals surface area contributed by atoms with Crippen LogP contribution >= 0.6 is 0 Å². The Balaban J connectivity index is 1.39. The van der Waals surface area contributed by atoms with Crippen molar-refractivity contribution in [1.82, 2.24) is 14.3 Å². The van der Waals surface area contributed by atoms with Crippen molar-refractivity contribution >= 4 is 17.2 Å². The highest BCUT2D eigenvalue weighted by Gasteiger charge is 2.24. The first kappa shape index (κ1) is 22.1. The highest BCUT2D eigenvalue weighted by atomic mass is 19.1. The van der Waals surface area contributed by atoms with Gasteiger partial charge in [-0.05, 0) is 79.9 Å². The zero-order chi connectivity index (χ0) is 23.8. The van der Waals surface area contributed by atoms with Crippen molar-refractivity contribution in [2.45, 2.75) is 27.2 Å². The summed E-state index contributed by atoms with van der Waals surface area (Å²) in [7, 11) is 0. The molecule has 174 valence electrons. The monoisotopic (exact) mass is 456 g/mol. The summed E-state index contributed by atoms with van der Waals surface area (Å²) in [6, 6.07) is 17.0. The molecule has 1 saturated heterocycles. The minimum absolute atomic E-state index is 0.103. The zero-order valence-electron chi connectivity index (χ0n) is 19.9. The maximum atomic E-state index is 13.4. The number of hydrogen-bond donors (Lipinski definition) is 0. The average Bonchev–Trinajstić information content (AvgIpc) is 3.18. The molecule has 0 spiro atoms. The van der Waals surface area contributed by atoms with Gasteiger partial charge in [-0.15, -0.1) is 0 Å². The molecule has 2 aromatic heterocycles. The van der Waals surface area contributed by atoms with Gasteiger partial charge in [-0.3, -0.25) is 4.79 Å². The van der Waals surface area contributed by atoms with Gasteiger partial charge in [0, 0.05) is 43.6 Å². The van der Waals surface area contributed by atoms with E-state index in [2.05, 4.69) is 49.9 Å². The second-order valence-corrected chi connectivity index (χ2v) is 9.16. The molecule has 2 aromatic carbocycles. The van der Waals surface area contributed by atoms with Crippen LogP contribution in [0.5, 0.6) is 0 Å². The Kier molecular flexibility index (Phi) is 5.82. The number of aromatic nitrogens is 2. The van der Waals surface area contributed by atoms with Gasteiger partial charge in [-0.1, -0.05) is 12.1 Å². The number of rotatable bonds is 4. The number of carbonyl (C=O) groups is 1. The number of aryl methyl sites for hydroxylation is 3. The lowest BCUT2D eigenvalue weighted by Gasteiger charge is -2.36. The van der Waals surface area contributed by atoms with Gasteiger partial charge < -0.3 is 14.2 Å². The van der Waals surface area contributed by atoms with Crippen LogP contribution in [-0.4, -0.2) is 46.4 Å². The summed E-state index contributed by atoms with van der Waals surface area (Å²) in [4.78, 5) is 22.4. The molecule has 0 bridgehead atoms. The van der Waals surface area contributed by atoms with Crippen LogP contribution in [0.4, 0.5) is 10.1 Å². The van der Waals surface area contributed by atoms with Crippen molar-refractivity contribution in [2.75, 3.05) is 31.1 Å². The summed E-state index contributed by atoms with van der Waals surface area (Å²) in [5, 5.41) is 0. The molecule has 1 amide bonds. The van der Waals surface area contributed by atoms with Gasteiger partial charge in [0.25, 0.3) is 0 Å². The molecule has 5 nitrogen and oxygen atoms in total. The van der Waals surface area contributed by atoms with E-state index in [0.717, 1.165) is 46.9 Å². The maximum Gasteiger partial charge on any atom is 0.228 e. The molecule has 0 N–H and O–H groups in total. The molecule has 0 unspecified atom stereocenters. The van der Waals surface area contributed by atoms with Crippen molar-refractivity contribution < 1.29 is 9.18 Å². The molecule has 3 heterocycles. The number of fused-ring (bicyclic) bond motifs is 1. The molecule has 0 saturated carbocycles. The van der Waals surface area contributed by atoms with E-state index >= 15 is 0 Å². The first-order chi connectivity index (χ1) is 16.4. The fourth-order valence-corrected chi connectivity index (χ4v) is 4.61. The minimum Gasteiger partial charge on any atom is -0.368 e. The fourth-order valence-electron chi connectivity index (χ4n) is 4.61. The molecule has 0 atom stereocenters. The maximum absolute atomic E-state index is 13.4. The van der Waals surface area contributed by atoms with Gasteiger partial charge in [-0.2, -0.15) is 0 Å². The number of halogens is 1. The van der Waals surface area contributed by atoms with Crippen LogP contribution < -0.4 is 4.90 Å².